The lowest BCUT2D eigenvalue weighted by molar-refractivity contribution is 0.381. The first-order chi connectivity index (χ1) is 9.33. The fraction of sp³-hybridized carbons (Fsp3) is 0.462. The first-order valence-corrected chi connectivity index (χ1v) is 6.75. The van der Waals surface area contributed by atoms with Crippen molar-refractivity contribution in [3.63, 3.8) is 0 Å². The molecule has 6 heteroatoms. The summed E-state index contributed by atoms with van der Waals surface area (Å²) in [7, 11) is 0. The second kappa shape index (κ2) is 4.03. The van der Waals surface area contributed by atoms with Gasteiger partial charge in [0.05, 0.1) is 11.7 Å². The van der Waals surface area contributed by atoms with E-state index in [-0.39, 0.29) is 6.04 Å². The molecule has 0 radical (unpaired) electrons. The molecule has 2 atom stereocenters. The zero-order valence-corrected chi connectivity index (χ0v) is 10.6. The molecule has 1 saturated carbocycles. The van der Waals surface area contributed by atoms with E-state index < -0.39 is 0 Å². The van der Waals surface area contributed by atoms with Crippen LogP contribution in [0.5, 0.6) is 0 Å². The predicted octanol–water partition coefficient (Wildman–Crippen LogP) is 1.59. The molecule has 0 aliphatic heterocycles. The lowest BCUT2D eigenvalue weighted by atomic mass is 9.85. The third-order valence-corrected chi connectivity index (χ3v) is 4.05. The van der Waals surface area contributed by atoms with Gasteiger partial charge in [-0.2, -0.15) is 0 Å². The molecule has 0 amide bonds. The molecule has 3 aromatic rings. The Balaban J connectivity index is 1.91. The zero-order chi connectivity index (χ0) is 12.8. The second-order valence-corrected chi connectivity index (χ2v) is 5.35. The van der Waals surface area contributed by atoms with Crippen LogP contribution in [0.3, 0.4) is 0 Å². The average molecular weight is 256 g/mol. The Morgan fingerprint density at radius 1 is 1.32 bits per heavy atom. The minimum absolute atomic E-state index is 0.287. The largest absolute Gasteiger partial charge is 0.345 e. The fourth-order valence-electron chi connectivity index (χ4n) is 3.12. The van der Waals surface area contributed by atoms with Crippen LogP contribution in [0, 0.1) is 0 Å². The molecule has 3 aromatic heterocycles. The van der Waals surface area contributed by atoms with Gasteiger partial charge in [-0.05, 0) is 25.3 Å². The van der Waals surface area contributed by atoms with Gasteiger partial charge in [-0.25, -0.2) is 4.98 Å². The Hall–Kier alpha value is -1.95. The van der Waals surface area contributed by atoms with Crippen molar-refractivity contribution >= 4 is 16.8 Å². The number of nitrogens with two attached hydrogens (primary N) is 1. The van der Waals surface area contributed by atoms with Crippen LogP contribution in [-0.4, -0.2) is 30.6 Å². The summed E-state index contributed by atoms with van der Waals surface area (Å²) < 4.78 is 2.11. The summed E-state index contributed by atoms with van der Waals surface area (Å²) in [6.07, 6.45) is 8.08. The highest BCUT2D eigenvalue weighted by Gasteiger charge is 2.25. The lowest BCUT2D eigenvalue weighted by Gasteiger charge is -2.25. The highest BCUT2D eigenvalue weighted by molar-refractivity contribution is 5.74. The summed E-state index contributed by atoms with van der Waals surface area (Å²) in [6, 6.07) is 2.31. The Morgan fingerprint density at radius 2 is 2.26 bits per heavy atom. The van der Waals surface area contributed by atoms with Crippen LogP contribution < -0.4 is 5.73 Å². The van der Waals surface area contributed by atoms with Crippen LogP contribution in [0.2, 0.25) is 0 Å². The molecule has 0 saturated heterocycles. The number of aromatic nitrogens is 5. The standard InChI is InChI=1S/C13H16N6/c14-9-3-1-2-8(6-9)13-18-17-11-7-16-12-10(19(11)13)4-5-15-12/h4-5,7-9,15H,1-3,6,14H2. The maximum absolute atomic E-state index is 6.09. The zero-order valence-electron chi connectivity index (χ0n) is 10.6. The number of H-pyrrole nitrogens is 1. The fourth-order valence-corrected chi connectivity index (χ4v) is 3.12. The monoisotopic (exact) mass is 256 g/mol. The number of hydrogen-bond acceptors (Lipinski definition) is 4. The molecule has 0 spiro atoms. The van der Waals surface area contributed by atoms with Crippen molar-refractivity contribution in [2.75, 3.05) is 0 Å². The normalized spacial score (nSPS) is 24.3. The van der Waals surface area contributed by atoms with E-state index in [1.54, 1.807) is 6.20 Å². The van der Waals surface area contributed by atoms with E-state index in [2.05, 4.69) is 24.6 Å². The molecular formula is C13H16N6. The molecule has 0 bridgehead atoms. The van der Waals surface area contributed by atoms with E-state index in [9.17, 15) is 0 Å². The van der Waals surface area contributed by atoms with Gasteiger partial charge in [-0.1, -0.05) is 6.42 Å². The molecule has 1 fully saturated rings. The van der Waals surface area contributed by atoms with E-state index in [1.807, 2.05) is 12.3 Å². The molecule has 2 unspecified atom stereocenters. The number of hydrogen-bond donors (Lipinski definition) is 2. The van der Waals surface area contributed by atoms with E-state index >= 15 is 0 Å². The van der Waals surface area contributed by atoms with Gasteiger partial charge in [0.2, 0.25) is 0 Å². The van der Waals surface area contributed by atoms with Crippen LogP contribution in [0.4, 0.5) is 0 Å². The average Bonchev–Trinajstić information content (AvgIpc) is 3.04. The van der Waals surface area contributed by atoms with E-state index in [4.69, 9.17) is 5.73 Å². The van der Waals surface area contributed by atoms with Gasteiger partial charge in [-0.3, -0.25) is 4.40 Å². The van der Waals surface area contributed by atoms with E-state index in [1.165, 1.54) is 6.42 Å². The van der Waals surface area contributed by atoms with Crippen molar-refractivity contribution in [3.05, 3.63) is 24.3 Å². The van der Waals surface area contributed by atoms with E-state index in [0.29, 0.717) is 5.92 Å². The van der Waals surface area contributed by atoms with Crippen LogP contribution in [0.15, 0.2) is 18.5 Å². The van der Waals surface area contributed by atoms with E-state index in [0.717, 1.165) is 41.9 Å². The summed E-state index contributed by atoms with van der Waals surface area (Å²) in [6.45, 7) is 0. The van der Waals surface area contributed by atoms with Gasteiger partial charge in [0.15, 0.2) is 11.3 Å². The van der Waals surface area contributed by atoms with Gasteiger partial charge in [0.25, 0.3) is 0 Å². The second-order valence-electron chi connectivity index (χ2n) is 5.35. The number of nitrogens with zero attached hydrogens (tertiary/aromatic N) is 4. The van der Waals surface area contributed by atoms with Gasteiger partial charge in [0, 0.05) is 18.2 Å². The molecular weight excluding hydrogens is 240 g/mol. The smallest absolute Gasteiger partial charge is 0.179 e. The predicted molar refractivity (Wildman–Crippen MR) is 71.8 cm³/mol. The van der Waals surface area contributed by atoms with Crippen molar-refractivity contribution < 1.29 is 0 Å². The molecule has 0 aromatic carbocycles. The maximum Gasteiger partial charge on any atom is 0.179 e. The van der Waals surface area contributed by atoms with Gasteiger partial charge >= 0.3 is 0 Å². The molecule has 6 nitrogen and oxygen atoms in total. The maximum atomic E-state index is 6.09. The molecule has 1 aliphatic carbocycles. The van der Waals surface area contributed by atoms with Crippen molar-refractivity contribution in [2.45, 2.75) is 37.6 Å². The molecule has 19 heavy (non-hydrogen) atoms. The van der Waals surface area contributed by atoms with Gasteiger partial charge in [0.1, 0.15) is 5.82 Å². The van der Waals surface area contributed by atoms with Crippen molar-refractivity contribution in [1.29, 1.82) is 0 Å². The van der Waals surface area contributed by atoms with Crippen molar-refractivity contribution in [1.82, 2.24) is 24.6 Å². The minimum atomic E-state index is 0.287. The van der Waals surface area contributed by atoms with Crippen LogP contribution in [0.1, 0.15) is 37.4 Å². The quantitative estimate of drug-likeness (QED) is 0.692. The number of rotatable bonds is 1. The van der Waals surface area contributed by atoms with Crippen molar-refractivity contribution in [3.8, 4) is 0 Å². The van der Waals surface area contributed by atoms with Crippen molar-refractivity contribution in [2.24, 2.45) is 5.73 Å². The molecule has 3 N–H and O–H groups in total. The molecule has 1 aliphatic rings. The summed E-state index contributed by atoms with van der Waals surface area (Å²) >= 11 is 0. The van der Waals surface area contributed by atoms with Crippen LogP contribution in [0.25, 0.3) is 16.8 Å². The summed E-state index contributed by atoms with van der Waals surface area (Å²) in [5.74, 6) is 1.43. The summed E-state index contributed by atoms with van der Waals surface area (Å²) in [4.78, 5) is 7.47. The first kappa shape index (κ1) is 10.9. The Kier molecular flexibility index (Phi) is 2.32. The highest BCUT2D eigenvalue weighted by atomic mass is 15.3. The number of fused-ring (bicyclic) bond motifs is 3. The molecule has 3 heterocycles. The summed E-state index contributed by atoms with van der Waals surface area (Å²) in [5, 5.41) is 8.63. The third-order valence-electron chi connectivity index (χ3n) is 4.05. The Bertz CT molecular complexity index is 727. The topological polar surface area (TPSA) is 84.9 Å². The summed E-state index contributed by atoms with van der Waals surface area (Å²) in [5.41, 5.74) is 8.81. The lowest BCUT2D eigenvalue weighted by Crippen LogP contribution is -2.27. The minimum Gasteiger partial charge on any atom is -0.345 e. The first-order valence-electron chi connectivity index (χ1n) is 6.75. The number of aromatic amines is 1. The molecule has 4 rings (SSSR count). The van der Waals surface area contributed by atoms with Crippen LogP contribution in [-0.2, 0) is 0 Å². The Morgan fingerprint density at radius 3 is 3.16 bits per heavy atom. The highest BCUT2D eigenvalue weighted by Crippen LogP contribution is 2.32. The van der Waals surface area contributed by atoms with Gasteiger partial charge in [-0.15, -0.1) is 10.2 Å². The SMILES string of the molecule is NC1CCCC(c2nnc3cnc4[nH]ccc4n23)C1. The van der Waals surface area contributed by atoms with Gasteiger partial charge < -0.3 is 10.7 Å². The third kappa shape index (κ3) is 1.63. The van der Waals surface area contributed by atoms with Crippen LogP contribution >= 0.6 is 0 Å². The number of nitrogens with one attached hydrogen (secondary N) is 1. The Labute approximate surface area is 110 Å². The molecule has 98 valence electrons.